The number of furan rings is 1. The van der Waals surface area contributed by atoms with Crippen LogP contribution in [0, 0.1) is 6.92 Å². The first-order chi connectivity index (χ1) is 29.4. The molecule has 10 aromatic rings. The molecule has 2 heteroatoms. The van der Waals surface area contributed by atoms with Crippen molar-refractivity contribution in [3.8, 4) is 44.5 Å². The van der Waals surface area contributed by atoms with Gasteiger partial charge in [-0.05, 0) is 167 Å². The second-order valence-corrected chi connectivity index (χ2v) is 19.1. The Morgan fingerprint density at radius 1 is 0.393 bits per heavy atom. The van der Waals surface area contributed by atoms with Crippen molar-refractivity contribution in [2.75, 3.05) is 4.90 Å². The van der Waals surface area contributed by atoms with Crippen molar-refractivity contribution in [2.45, 2.75) is 59.3 Å². The van der Waals surface area contributed by atoms with Gasteiger partial charge in [-0.1, -0.05) is 145 Å². The lowest BCUT2D eigenvalue weighted by Gasteiger charge is -2.29. The normalized spacial score (nSPS) is 12.5. The van der Waals surface area contributed by atoms with Crippen LogP contribution >= 0.6 is 0 Å². The Hall–Kier alpha value is -6.90. The van der Waals surface area contributed by atoms with Crippen molar-refractivity contribution in [1.29, 1.82) is 0 Å². The van der Waals surface area contributed by atoms with Crippen LogP contribution in [-0.2, 0) is 10.8 Å². The van der Waals surface area contributed by atoms with Gasteiger partial charge in [0.05, 0.1) is 5.69 Å². The van der Waals surface area contributed by atoms with E-state index in [0.29, 0.717) is 0 Å². The zero-order chi connectivity index (χ0) is 41.8. The molecule has 1 aromatic heterocycles. The molecule has 11 rings (SSSR count). The van der Waals surface area contributed by atoms with Crippen LogP contribution in [0.3, 0.4) is 0 Å². The molecular formula is C59H49NO. The Bertz CT molecular complexity index is 3370. The van der Waals surface area contributed by atoms with Gasteiger partial charge in [-0.2, -0.15) is 0 Å². The van der Waals surface area contributed by atoms with Crippen LogP contribution in [0.25, 0.3) is 88.0 Å². The summed E-state index contributed by atoms with van der Waals surface area (Å²) in [6.45, 7) is 15.9. The van der Waals surface area contributed by atoms with E-state index in [2.05, 4.69) is 217 Å². The minimum atomic E-state index is 0.0928. The Balaban J connectivity index is 1.04. The van der Waals surface area contributed by atoms with E-state index < -0.39 is 0 Å². The van der Waals surface area contributed by atoms with E-state index in [0.717, 1.165) is 39.0 Å². The monoisotopic (exact) mass is 787 g/mol. The number of nitrogens with zero attached hydrogens (tertiary/aromatic N) is 1. The standard InChI is InChI=1S/C59H49NO/c1-36-13-8-10-16-54(36)60(55-17-12-15-47-46-14-9-11-18-56(46)61-57(47)55)45-28-23-39-30-50-51(33-40(39)29-45)53-35-42-32-49(38-21-26-44(27-22-38)59(5,6)7)48(31-41(42)34-52(50)53)37-19-24-43(25-20-37)58(2,3)4/h8-35H,1-7H3. The first-order valence-corrected chi connectivity index (χ1v) is 21.6. The molecule has 0 bridgehead atoms. The largest absolute Gasteiger partial charge is 0.454 e. The van der Waals surface area contributed by atoms with Gasteiger partial charge in [0.1, 0.15) is 5.58 Å². The Morgan fingerprint density at radius 3 is 1.44 bits per heavy atom. The van der Waals surface area contributed by atoms with Crippen LogP contribution in [-0.4, -0.2) is 0 Å². The fourth-order valence-corrected chi connectivity index (χ4v) is 9.51. The Morgan fingerprint density at radius 2 is 0.869 bits per heavy atom. The van der Waals surface area contributed by atoms with E-state index in [-0.39, 0.29) is 10.8 Å². The molecule has 0 aliphatic heterocycles. The van der Waals surface area contributed by atoms with Crippen molar-refractivity contribution in [3.63, 3.8) is 0 Å². The maximum atomic E-state index is 6.62. The summed E-state index contributed by atoms with van der Waals surface area (Å²) < 4.78 is 6.62. The van der Waals surface area contributed by atoms with Gasteiger partial charge in [0.15, 0.2) is 5.58 Å². The van der Waals surface area contributed by atoms with E-state index in [1.54, 1.807) is 0 Å². The second-order valence-electron chi connectivity index (χ2n) is 19.1. The van der Waals surface area contributed by atoms with Gasteiger partial charge in [0.25, 0.3) is 0 Å². The molecule has 61 heavy (non-hydrogen) atoms. The lowest BCUT2D eigenvalue weighted by Crippen LogP contribution is -2.11. The average molecular weight is 788 g/mol. The number of aryl methyl sites for hydroxylation is 1. The van der Waals surface area contributed by atoms with Crippen LogP contribution in [0.4, 0.5) is 17.1 Å². The second kappa shape index (κ2) is 13.6. The molecule has 0 atom stereocenters. The van der Waals surface area contributed by atoms with Gasteiger partial charge in [0, 0.05) is 22.1 Å². The van der Waals surface area contributed by atoms with E-state index in [1.165, 1.54) is 82.7 Å². The molecular weight excluding hydrogens is 739 g/mol. The topological polar surface area (TPSA) is 16.4 Å². The first-order valence-electron chi connectivity index (χ1n) is 21.6. The Labute approximate surface area is 358 Å². The Kier molecular flexibility index (Phi) is 8.25. The molecule has 0 saturated heterocycles. The number of anilines is 3. The smallest absolute Gasteiger partial charge is 0.159 e. The van der Waals surface area contributed by atoms with Crippen molar-refractivity contribution in [3.05, 3.63) is 187 Å². The lowest BCUT2D eigenvalue weighted by molar-refractivity contribution is 0.590. The number of benzene rings is 9. The number of hydrogen-bond donors (Lipinski definition) is 0. The van der Waals surface area contributed by atoms with Crippen molar-refractivity contribution < 1.29 is 4.42 Å². The minimum Gasteiger partial charge on any atom is -0.454 e. The molecule has 2 nitrogen and oxygen atoms in total. The highest BCUT2D eigenvalue weighted by Crippen LogP contribution is 2.52. The highest BCUT2D eigenvalue weighted by Gasteiger charge is 2.26. The molecule has 0 radical (unpaired) electrons. The van der Waals surface area contributed by atoms with Crippen LogP contribution in [0.1, 0.15) is 58.2 Å². The molecule has 0 spiro atoms. The zero-order valence-corrected chi connectivity index (χ0v) is 36.0. The molecule has 0 N–H and O–H groups in total. The maximum Gasteiger partial charge on any atom is 0.159 e. The average Bonchev–Trinajstić information content (AvgIpc) is 3.64. The fourth-order valence-electron chi connectivity index (χ4n) is 9.51. The van der Waals surface area contributed by atoms with Gasteiger partial charge in [-0.15, -0.1) is 0 Å². The first kappa shape index (κ1) is 37.1. The quantitative estimate of drug-likeness (QED) is 0.173. The van der Waals surface area contributed by atoms with E-state index in [9.17, 15) is 0 Å². The molecule has 1 heterocycles. The summed E-state index contributed by atoms with van der Waals surface area (Å²) >= 11 is 0. The van der Waals surface area contributed by atoms with Crippen molar-refractivity contribution >= 4 is 60.5 Å². The molecule has 0 saturated carbocycles. The van der Waals surface area contributed by atoms with Crippen molar-refractivity contribution in [1.82, 2.24) is 0 Å². The minimum absolute atomic E-state index is 0.0928. The molecule has 296 valence electrons. The maximum absolute atomic E-state index is 6.62. The van der Waals surface area contributed by atoms with Gasteiger partial charge < -0.3 is 9.32 Å². The van der Waals surface area contributed by atoms with Crippen LogP contribution in [0.15, 0.2) is 174 Å². The molecule has 0 amide bonds. The SMILES string of the molecule is Cc1ccccc1N(c1ccc2cc3c(cc2c1)-c1cc2cc(-c4ccc(C(C)(C)C)cc4)c(-c4ccc(C(C)(C)C)cc4)cc2cc1-3)c1cccc2c1oc1ccccc12. The predicted molar refractivity (Wildman–Crippen MR) is 261 cm³/mol. The number of rotatable bonds is 5. The summed E-state index contributed by atoms with van der Waals surface area (Å²) in [5, 5.41) is 7.21. The van der Waals surface area contributed by atoms with Crippen molar-refractivity contribution in [2.24, 2.45) is 0 Å². The highest BCUT2D eigenvalue weighted by molar-refractivity contribution is 6.14. The molecule has 1 aliphatic rings. The highest BCUT2D eigenvalue weighted by atomic mass is 16.3. The summed E-state index contributed by atoms with van der Waals surface area (Å²) in [7, 11) is 0. The molecule has 0 unspecified atom stereocenters. The lowest BCUT2D eigenvalue weighted by atomic mass is 9.77. The third-order valence-electron chi connectivity index (χ3n) is 13.0. The summed E-state index contributed by atoms with van der Waals surface area (Å²) in [5.41, 5.74) is 19.4. The van der Waals surface area contributed by atoms with Gasteiger partial charge >= 0.3 is 0 Å². The van der Waals surface area contributed by atoms with Gasteiger partial charge in [0.2, 0.25) is 0 Å². The van der Waals surface area contributed by atoms with E-state index in [4.69, 9.17) is 4.42 Å². The third-order valence-corrected chi connectivity index (χ3v) is 13.0. The van der Waals surface area contributed by atoms with Crippen LogP contribution in [0.5, 0.6) is 0 Å². The number of para-hydroxylation sites is 3. The summed E-state index contributed by atoms with van der Waals surface area (Å²) in [4.78, 5) is 2.37. The molecule has 0 fully saturated rings. The summed E-state index contributed by atoms with van der Waals surface area (Å²) in [6.07, 6.45) is 0. The van der Waals surface area contributed by atoms with E-state index in [1.807, 2.05) is 6.07 Å². The zero-order valence-electron chi connectivity index (χ0n) is 36.0. The third kappa shape index (κ3) is 6.15. The van der Waals surface area contributed by atoms with Crippen LogP contribution < -0.4 is 4.90 Å². The summed E-state index contributed by atoms with van der Waals surface area (Å²) in [5.74, 6) is 0. The fraction of sp³-hybridized carbons (Fsp3) is 0.153. The predicted octanol–water partition coefficient (Wildman–Crippen LogP) is 17.2. The number of fused-ring (bicyclic) bond motifs is 9. The molecule has 9 aromatic carbocycles. The summed E-state index contributed by atoms with van der Waals surface area (Å²) in [6, 6.07) is 63.2. The van der Waals surface area contributed by atoms with E-state index >= 15 is 0 Å². The molecule has 1 aliphatic carbocycles. The van der Waals surface area contributed by atoms with Gasteiger partial charge in [-0.3, -0.25) is 0 Å². The number of hydrogen-bond acceptors (Lipinski definition) is 2. The van der Waals surface area contributed by atoms with Gasteiger partial charge in [-0.25, -0.2) is 0 Å². The van der Waals surface area contributed by atoms with Crippen LogP contribution in [0.2, 0.25) is 0 Å².